The summed E-state index contributed by atoms with van der Waals surface area (Å²) in [4.78, 5) is 6.36. The van der Waals surface area contributed by atoms with E-state index in [1.165, 1.54) is 18.2 Å². The van der Waals surface area contributed by atoms with Crippen LogP contribution >= 0.6 is 0 Å². The fraction of sp³-hybridized carbons (Fsp3) is 0.588. The second kappa shape index (κ2) is 9.97. The van der Waals surface area contributed by atoms with Crippen molar-refractivity contribution in [2.24, 2.45) is 4.99 Å². The molecular weight excluding hydrogens is 397 g/mol. The summed E-state index contributed by atoms with van der Waals surface area (Å²) < 4.78 is 64.4. The van der Waals surface area contributed by atoms with Crippen molar-refractivity contribution in [2.45, 2.75) is 19.8 Å². The molecule has 1 heterocycles. The van der Waals surface area contributed by atoms with Crippen LogP contribution in [0.15, 0.2) is 29.3 Å². The number of aliphatic imine (C=N–C) groups is 1. The maximum atomic E-state index is 12.5. The van der Waals surface area contributed by atoms with Crippen molar-refractivity contribution in [3.63, 3.8) is 0 Å². The zero-order chi connectivity index (χ0) is 20.6. The van der Waals surface area contributed by atoms with Gasteiger partial charge in [-0.25, -0.2) is 13.4 Å². The minimum atomic E-state index is -4.76. The Hall–Kier alpha value is -2.01. The molecule has 0 spiro atoms. The molecule has 0 saturated carbocycles. The predicted molar refractivity (Wildman–Crippen MR) is 101 cm³/mol. The van der Waals surface area contributed by atoms with Gasteiger partial charge in [-0.2, -0.15) is 0 Å². The van der Waals surface area contributed by atoms with E-state index in [1.807, 2.05) is 11.8 Å². The van der Waals surface area contributed by atoms with E-state index in [9.17, 15) is 21.6 Å². The summed E-state index contributed by atoms with van der Waals surface area (Å²) in [5.41, 5.74) is 0.318. The van der Waals surface area contributed by atoms with E-state index in [0.717, 1.165) is 0 Å². The highest BCUT2D eigenvalue weighted by molar-refractivity contribution is 7.91. The Morgan fingerprint density at radius 2 is 1.89 bits per heavy atom. The molecule has 0 atom stereocenters. The first-order valence-electron chi connectivity index (χ1n) is 8.97. The van der Waals surface area contributed by atoms with E-state index in [1.54, 1.807) is 6.07 Å². The summed E-state index contributed by atoms with van der Waals surface area (Å²) in [6.07, 6.45) is -4.76. The summed E-state index contributed by atoms with van der Waals surface area (Å²) in [7, 11) is -2.91. The Balaban J connectivity index is 1.90. The monoisotopic (exact) mass is 422 g/mol. The van der Waals surface area contributed by atoms with Crippen molar-refractivity contribution in [3.8, 4) is 5.75 Å². The number of sulfone groups is 1. The molecule has 7 nitrogen and oxygen atoms in total. The fourth-order valence-electron chi connectivity index (χ4n) is 2.67. The number of alkyl halides is 3. The van der Waals surface area contributed by atoms with Crippen LogP contribution in [0.5, 0.6) is 5.75 Å². The molecule has 0 aliphatic carbocycles. The highest BCUT2D eigenvalue weighted by Crippen LogP contribution is 2.26. The van der Waals surface area contributed by atoms with Crippen LogP contribution < -0.4 is 15.4 Å². The van der Waals surface area contributed by atoms with Crippen molar-refractivity contribution in [3.05, 3.63) is 29.8 Å². The Bertz CT molecular complexity index is 755. The lowest BCUT2D eigenvalue weighted by atomic mass is 10.2. The summed E-state index contributed by atoms with van der Waals surface area (Å²) in [5.74, 6) is 0.520. The third kappa shape index (κ3) is 7.93. The second-order valence-electron chi connectivity index (χ2n) is 6.27. The first-order chi connectivity index (χ1) is 13.2. The summed E-state index contributed by atoms with van der Waals surface area (Å²) in [6.45, 7) is 4.67. The third-order valence-corrected chi connectivity index (χ3v) is 5.72. The molecule has 2 N–H and O–H groups in total. The molecule has 0 unspecified atom stereocenters. The van der Waals surface area contributed by atoms with Crippen molar-refractivity contribution < 1.29 is 26.3 Å². The molecule has 0 aromatic heterocycles. The summed E-state index contributed by atoms with van der Waals surface area (Å²) >= 11 is 0. The summed E-state index contributed by atoms with van der Waals surface area (Å²) in [5, 5.41) is 6.14. The topological polar surface area (TPSA) is 83.0 Å². The number of ether oxygens (including phenoxy) is 1. The highest BCUT2D eigenvalue weighted by atomic mass is 32.2. The molecule has 1 saturated heterocycles. The number of guanidine groups is 1. The third-order valence-electron chi connectivity index (χ3n) is 4.11. The van der Waals surface area contributed by atoms with Gasteiger partial charge in [0.25, 0.3) is 0 Å². The van der Waals surface area contributed by atoms with Gasteiger partial charge in [-0.3, -0.25) is 4.90 Å². The molecular formula is C17H25F3N4O3S. The molecule has 2 rings (SSSR count). The Kier molecular flexibility index (Phi) is 7.93. The van der Waals surface area contributed by atoms with Crippen molar-refractivity contribution in [2.75, 3.05) is 44.2 Å². The normalized spacial score (nSPS) is 17.9. The second-order valence-corrected chi connectivity index (χ2v) is 8.57. The van der Waals surface area contributed by atoms with Crippen LogP contribution in [-0.4, -0.2) is 69.9 Å². The minimum absolute atomic E-state index is 0.0174. The van der Waals surface area contributed by atoms with Gasteiger partial charge in [-0.05, 0) is 13.0 Å². The Morgan fingerprint density at radius 3 is 2.54 bits per heavy atom. The van der Waals surface area contributed by atoms with E-state index in [2.05, 4.69) is 20.4 Å². The lowest BCUT2D eigenvalue weighted by Crippen LogP contribution is -2.45. The first-order valence-corrected chi connectivity index (χ1v) is 10.8. The zero-order valence-electron chi connectivity index (χ0n) is 15.6. The van der Waals surface area contributed by atoms with Crippen LogP contribution in [0.3, 0.4) is 0 Å². The van der Waals surface area contributed by atoms with Gasteiger partial charge >= 0.3 is 6.36 Å². The van der Waals surface area contributed by atoms with Crippen molar-refractivity contribution in [1.29, 1.82) is 0 Å². The Labute approximate surface area is 162 Å². The maximum absolute atomic E-state index is 12.5. The van der Waals surface area contributed by atoms with E-state index >= 15 is 0 Å². The van der Waals surface area contributed by atoms with Gasteiger partial charge in [0.15, 0.2) is 15.8 Å². The molecule has 1 aromatic rings. The lowest BCUT2D eigenvalue weighted by molar-refractivity contribution is -0.274. The molecule has 0 radical (unpaired) electrons. The molecule has 1 aliphatic heterocycles. The molecule has 1 aromatic carbocycles. The van der Waals surface area contributed by atoms with Gasteiger partial charge < -0.3 is 15.4 Å². The van der Waals surface area contributed by atoms with E-state index in [-0.39, 0.29) is 23.8 Å². The van der Waals surface area contributed by atoms with E-state index in [0.29, 0.717) is 44.2 Å². The highest BCUT2D eigenvalue weighted by Gasteiger charge is 2.31. The van der Waals surface area contributed by atoms with Gasteiger partial charge in [0.2, 0.25) is 0 Å². The fourth-order valence-corrected chi connectivity index (χ4v) is 3.95. The number of halogens is 3. The van der Waals surface area contributed by atoms with E-state index in [4.69, 9.17) is 0 Å². The smallest absolute Gasteiger partial charge is 0.405 e. The number of hydrogen-bond acceptors (Lipinski definition) is 5. The average molecular weight is 422 g/mol. The zero-order valence-corrected chi connectivity index (χ0v) is 16.4. The maximum Gasteiger partial charge on any atom is 0.573 e. The Morgan fingerprint density at radius 1 is 1.21 bits per heavy atom. The molecule has 158 valence electrons. The van der Waals surface area contributed by atoms with Crippen LogP contribution in [0.25, 0.3) is 0 Å². The van der Waals surface area contributed by atoms with Crippen LogP contribution in [0.4, 0.5) is 13.2 Å². The van der Waals surface area contributed by atoms with Gasteiger partial charge in [0.05, 0.1) is 18.1 Å². The quantitative estimate of drug-likeness (QED) is 0.510. The first kappa shape index (κ1) is 22.3. The lowest BCUT2D eigenvalue weighted by Gasteiger charge is -2.26. The standard InChI is InChI=1S/C17H25F3N4O3S/c1-2-21-16(22-7-8-24-9-11-28(25,26)12-10-24)23-13-14-5-3-4-6-15(14)27-17(18,19)20/h3-6H,2,7-13H2,1H3,(H2,21,22,23). The summed E-state index contributed by atoms with van der Waals surface area (Å²) in [6, 6.07) is 5.88. The number of hydrogen-bond donors (Lipinski definition) is 2. The molecule has 11 heteroatoms. The van der Waals surface area contributed by atoms with Gasteiger partial charge in [-0.1, -0.05) is 18.2 Å². The number of nitrogens with zero attached hydrogens (tertiary/aromatic N) is 2. The number of rotatable bonds is 7. The van der Waals surface area contributed by atoms with E-state index < -0.39 is 16.2 Å². The minimum Gasteiger partial charge on any atom is -0.405 e. The van der Waals surface area contributed by atoms with Crippen LogP contribution in [0, 0.1) is 0 Å². The molecule has 1 fully saturated rings. The van der Waals surface area contributed by atoms with Gasteiger partial charge in [0.1, 0.15) is 5.75 Å². The molecule has 28 heavy (non-hydrogen) atoms. The van der Waals surface area contributed by atoms with Crippen LogP contribution in [0.1, 0.15) is 12.5 Å². The van der Waals surface area contributed by atoms with Crippen LogP contribution in [-0.2, 0) is 16.4 Å². The number of benzene rings is 1. The van der Waals surface area contributed by atoms with Gasteiger partial charge in [0, 0.05) is 38.3 Å². The molecule has 0 amide bonds. The molecule has 1 aliphatic rings. The largest absolute Gasteiger partial charge is 0.573 e. The van der Waals surface area contributed by atoms with Crippen LogP contribution in [0.2, 0.25) is 0 Å². The van der Waals surface area contributed by atoms with Crippen molar-refractivity contribution in [1.82, 2.24) is 15.5 Å². The number of para-hydroxylation sites is 1. The predicted octanol–water partition coefficient (Wildman–Crippen LogP) is 1.37. The average Bonchev–Trinajstić information content (AvgIpc) is 2.61. The molecule has 0 bridgehead atoms. The SMILES string of the molecule is CCNC(=NCc1ccccc1OC(F)(F)F)NCCN1CCS(=O)(=O)CC1. The van der Waals surface area contributed by atoms with Crippen molar-refractivity contribution >= 4 is 15.8 Å². The number of nitrogens with one attached hydrogen (secondary N) is 2. The van der Waals surface area contributed by atoms with Gasteiger partial charge in [-0.15, -0.1) is 13.2 Å².